The predicted octanol–water partition coefficient (Wildman–Crippen LogP) is 2.45. The van der Waals surface area contributed by atoms with E-state index in [-0.39, 0.29) is 18.3 Å². The van der Waals surface area contributed by atoms with Gasteiger partial charge in [0.1, 0.15) is 11.6 Å². The first kappa shape index (κ1) is 19.2. The molecule has 0 aromatic heterocycles. The monoisotopic (exact) mass is 371 g/mol. The van der Waals surface area contributed by atoms with Gasteiger partial charge in [0.2, 0.25) is 0 Å². The van der Waals surface area contributed by atoms with Crippen molar-refractivity contribution in [3.05, 3.63) is 59.9 Å². The molecule has 1 aliphatic heterocycles. The van der Waals surface area contributed by atoms with Crippen molar-refractivity contribution in [1.82, 2.24) is 10.2 Å². The molecule has 0 atom stereocenters. The van der Waals surface area contributed by atoms with Crippen LogP contribution < -0.4 is 15.0 Å². The Labute approximate surface area is 159 Å². The number of aryl methyl sites for hydroxylation is 1. The van der Waals surface area contributed by atoms with Crippen LogP contribution >= 0.6 is 0 Å². The first-order valence-electron chi connectivity index (χ1n) is 9.30. The highest BCUT2D eigenvalue weighted by Crippen LogP contribution is 2.17. The minimum Gasteiger partial charge on any atom is -0.484 e. The van der Waals surface area contributed by atoms with Gasteiger partial charge < -0.3 is 15.0 Å². The maximum atomic E-state index is 13.0. The molecular weight excluding hydrogens is 345 g/mol. The van der Waals surface area contributed by atoms with Gasteiger partial charge >= 0.3 is 0 Å². The van der Waals surface area contributed by atoms with Crippen molar-refractivity contribution >= 4 is 11.6 Å². The Morgan fingerprint density at radius 2 is 1.78 bits per heavy atom. The first-order chi connectivity index (χ1) is 13.1. The Bertz CT molecular complexity index is 743. The molecule has 3 rings (SSSR count). The van der Waals surface area contributed by atoms with Gasteiger partial charge in [0, 0.05) is 45.0 Å². The minimum absolute atomic E-state index is 0.0310. The van der Waals surface area contributed by atoms with Gasteiger partial charge in [-0.15, -0.1) is 0 Å². The van der Waals surface area contributed by atoms with Gasteiger partial charge in [-0.3, -0.25) is 9.69 Å². The molecule has 0 aliphatic carbocycles. The normalized spacial score (nSPS) is 14.8. The molecule has 0 saturated carbocycles. The molecule has 0 spiro atoms. The van der Waals surface area contributed by atoms with Crippen molar-refractivity contribution in [2.24, 2.45) is 0 Å². The minimum atomic E-state index is -0.209. The average molecular weight is 371 g/mol. The van der Waals surface area contributed by atoms with Crippen LogP contribution in [0.25, 0.3) is 0 Å². The number of piperazine rings is 1. The Morgan fingerprint density at radius 3 is 2.48 bits per heavy atom. The summed E-state index contributed by atoms with van der Waals surface area (Å²) in [6.45, 7) is 7.05. The molecule has 0 bridgehead atoms. The van der Waals surface area contributed by atoms with Crippen LogP contribution in [0.4, 0.5) is 10.1 Å². The molecule has 1 saturated heterocycles. The summed E-state index contributed by atoms with van der Waals surface area (Å²) in [5, 5.41) is 2.91. The molecule has 144 valence electrons. The smallest absolute Gasteiger partial charge is 0.257 e. The molecule has 1 amide bonds. The van der Waals surface area contributed by atoms with Crippen LogP contribution in [-0.2, 0) is 4.79 Å². The molecule has 27 heavy (non-hydrogen) atoms. The lowest BCUT2D eigenvalue weighted by Gasteiger charge is -2.36. The Hall–Kier alpha value is -2.60. The topological polar surface area (TPSA) is 44.8 Å². The highest BCUT2D eigenvalue weighted by molar-refractivity contribution is 5.77. The molecule has 1 aliphatic rings. The number of halogens is 1. The molecular formula is C21H26FN3O2. The van der Waals surface area contributed by atoms with Gasteiger partial charge in [-0.25, -0.2) is 4.39 Å². The fourth-order valence-corrected chi connectivity index (χ4v) is 3.15. The zero-order valence-corrected chi connectivity index (χ0v) is 15.7. The van der Waals surface area contributed by atoms with Gasteiger partial charge in [-0.1, -0.05) is 18.2 Å². The molecule has 5 nitrogen and oxygen atoms in total. The lowest BCUT2D eigenvalue weighted by atomic mass is 10.2. The second kappa shape index (κ2) is 9.37. The van der Waals surface area contributed by atoms with Crippen LogP contribution in [0.5, 0.6) is 5.75 Å². The number of ether oxygens (including phenoxy) is 1. The quantitative estimate of drug-likeness (QED) is 0.812. The van der Waals surface area contributed by atoms with Crippen LogP contribution in [0.1, 0.15) is 5.56 Å². The third-order valence-corrected chi connectivity index (χ3v) is 4.77. The first-order valence-corrected chi connectivity index (χ1v) is 9.30. The van der Waals surface area contributed by atoms with Gasteiger partial charge in [0.25, 0.3) is 5.91 Å². The number of rotatable bonds is 7. The third kappa shape index (κ3) is 5.69. The average Bonchev–Trinajstić information content (AvgIpc) is 2.69. The van der Waals surface area contributed by atoms with E-state index in [0.717, 1.165) is 49.7 Å². The second-order valence-corrected chi connectivity index (χ2v) is 6.71. The van der Waals surface area contributed by atoms with E-state index in [4.69, 9.17) is 4.74 Å². The van der Waals surface area contributed by atoms with Gasteiger partial charge in [0.15, 0.2) is 6.61 Å². The summed E-state index contributed by atoms with van der Waals surface area (Å²) in [5.74, 6) is 0.423. The number of hydrogen-bond acceptors (Lipinski definition) is 4. The van der Waals surface area contributed by atoms with Crippen LogP contribution in [0.2, 0.25) is 0 Å². The van der Waals surface area contributed by atoms with Crippen LogP contribution in [0, 0.1) is 12.7 Å². The van der Waals surface area contributed by atoms with E-state index in [2.05, 4.69) is 15.1 Å². The summed E-state index contributed by atoms with van der Waals surface area (Å²) >= 11 is 0. The summed E-state index contributed by atoms with van der Waals surface area (Å²) < 4.78 is 18.6. The predicted molar refractivity (Wildman–Crippen MR) is 105 cm³/mol. The third-order valence-electron chi connectivity index (χ3n) is 4.77. The number of carbonyl (C=O) groups is 1. The standard InChI is InChI=1S/C21H26FN3O2/c1-17-4-2-3-5-20(17)27-16-21(26)23-10-11-24-12-14-25(15-13-24)19-8-6-18(22)7-9-19/h2-9H,10-16H2,1H3,(H,23,26). The number of nitrogens with zero attached hydrogens (tertiary/aromatic N) is 2. The molecule has 1 N–H and O–H groups in total. The number of para-hydroxylation sites is 1. The number of nitrogens with one attached hydrogen (secondary N) is 1. The summed E-state index contributed by atoms with van der Waals surface area (Å²) in [6.07, 6.45) is 0. The molecule has 1 fully saturated rings. The lowest BCUT2D eigenvalue weighted by molar-refractivity contribution is -0.123. The second-order valence-electron chi connectivity index (χ2n) is 6.71. The molecule has 0 radical (unpaired) electrons. The SMILES string of the molecule is Cc1ccccc1OCC(=O)NCCN1CCN(c2ccc(F)cc2)CC1. The fourth-order valence-electron chi connectivity index (χ4n) is 3.15. The maximum Gasteiger partial charge on any atom is 0.257 e. The lowest BCUT2D eigenvalue weighted by Crippen LogP contribution is -2.48. The number of anilines is 1. The highest BCUT2D eigenvalue weighted by atomic mass is 19.1. The van der Waals surface area contributed by atoms with Crippen molar-refractivity contribution in [2.75, 3.05) is 50.8 Å². The number of hydrogen-bond donors (Lipinski definition) is 1. The van der Waals surface area contributed by atoms with Crippen LogP contribution in [0.3, 0.4) is 0 Å². The van der Waals surface area contributed by atoms with Crippen molar-refractivity contribution in [3.63, 3.8) is 0 Å². The van der Waals surface area contributed by atoms with E-state index >= 15 is 0 Å². The van der Waals surface area contributed by atoms with E-state index in [1.54, 1.807) is 0 Å². The van der Waals surface area contributed by atoms with Crippen molar-refractivity contribution in [3.8, 4) is 5.75 Å². The summed E-state index contributed by atoms with van der Waals surface area (Å²) in [4.78, 5) is 16.5. The summed E-state index contributed by atoms with van der Waals surface area (Å²) in [6, 6.07) is 14.3. The summed E-state index contributed by atoms with van der Waals surface area (Å²) in [7, 11) is 0. The Morgan fingerprint density at radius 1 is 1.07 bits per heavy atom. The zero-order valence-electron chi connectivity index (χ0n) is 15.7. The van der Waals surface area contributed by atoms with E-state index in [0.29, 0.717) is 6.54 Å². The Kier molecular flexibility index (Phi) is 6.65. The van der Waals surface area contributed by atoms with Gasteiger partial charge in [0.05, 0.1) is 0 Å². The molecule has 6 heteroatoms. The van der Waals surface area contributed by atoms with Crippen molar-refractivity contribution in [2.45, 2.75) is 6.92 Å². The number of amides is 1. The maximum absolute atomic E-state index is 13.0. The highest BCUT2D eigenvalue weighted by Gasteiger charge is 2.17. The largest absolute Gasteiger partial charge is 0.484 e. The fraction of sp³-hybridized carbons (Fsp3) is 0.381. The molecule has 1 heterocycles. The zero-order chi connectivity index (χ0) is 19.1. The van der Waals surface area contributed by atoms with E-state index in [1.165, 1.54) is 12.1 Å². The van der Waals surface area contributed by atoms with Crippen LogP contribution in [-0.4, -0.2) is 56.7 Å². The van der Waals surface area contributed by atoms with E-state index in [9.17, 15) is 9.18 Å². The number of benzene rings is 2. The van der Waals surface area contributed by atoms with Gasteiger partial charge in [-0.05, 0) is 42.8 Å². The number of carbonyl (C=O) groups excluding carboxylic acids is 1. The van der Waals surface area contributed by atoms with Crippen molar-refractivity contribution in [1.29, 1.82) is 0 Å². The molecule has 2 aromatic carbocycles. The van der Waals surface area contributed by atoms with E-state index < -0.39 is 0 Å². The van der Waals surface area contributed by atoms with Gasteiger partial charge in [-0.2, -0.15) is 0 Å². The molecule has 0 unspecified atom stereocenters. The Balaban J connectivity index is 1.32. The summed E-state index contributed by atoms with van der Waals surface area (Å²) in [5.41, 5.74) is 2.07. The van der Waals surface area contributed by atoms with Crippen LogP contribution in [0.15, 0.2) is 48.5 Å². The van der Waals surface area contributed by atoms with E-state index in [1.807, 2.05) is 43.3 Å². The molecule has 2 aromatic rings. The van der Waals surface area contributed by atoms with Crippen molar-refractivity contribution < 1.29 is 13.9 Å².